The fourth-order valence-corrected chi connectivity index (χ4v) is 2.89. The average Bonchev–Trinajstić information content (AvgIpc) is 2.70. The lowest BCUT2D eigenvalue weighted by Crippen LogP contribution is -2.72. The van der Waals surface area contributed by atoms with Crippen molar-refractivity contribution in [2.45, 2.75) is 74.0 Å². The highest BCUT2D eigenvalue weighted by Crippen LogP contribution is 2.63. The van der Waals surface area contributed by atoms with Crippen LogP contribution in [0.25, 0.3) is 0 Å². The van der Waals surface area contributed by atoms with Crippen molar-refractivity contribution in [2.24, 2.45) is 0 Å². The predicted octanol–water partition coefficient (Wildman–Crippen LogP) is 7.45. The topological polar surface area (TPSA) is 29.5 Å². The lowest BCUT2D eigenvalue weighted by Gasteiger charge is -2.42. The summed E-state index contributed by atoms with van der Waals surface area (Å²) in [6.07, 6.45) is -10.3. The van der Waals surface area contributed by atoms with Gasteiger partial charge in [0.15, 0.2) is 0 Å². The van der Waals surface area contributed by atoms with Crippen LogP contribution in [0.15, 0.2) is 24.3 Å². The van der Waals surface area contributed by atoms with E-state index < -0.39 is 65.0 Å². The first kappa shape index (κ1) is 32.0. The Balaban J connectivity index is 3.55. The van der Waals surface area contributed by atoms with E-state index in [1.807, 2.05) is 0 Å². The zero-order valence-electron chi connectivity index (χ0n) is 18.0. The van der Waals surface area contributed by atoms with Crippen molar-refractivity contribution in [3.8, 4) is 5.75 Å². The molecule has 0 saturated heterocycles. The molecule has 0 aromatic heterocycles. The number of benzene rings is 1. The quantitative estimate of drug-likeness (QED) is 0.284. The van der Waals surface area contributed by atoms with E-state index in [9.17, 15) is 71.0 Å². The SMILES string of the molecule is CCCOc1ccccc1C(C)(O)CC(F)(F)C(F)(F)C(F)(F)C(F)(F)C(F)(F)C(F)(F)C(F)(F)F. The zero-order chi connectivity index (χ0) is 28.8. The highest BCUT2D eigenvalue weighted by molar-refractivity contribution is 5.38. The van der Waals surface area contributed by atoms with Gasteiger partial charge >= 0.3 is 41.7 Å². The number of para-hydroxylation sites is 1. The molecular weight excluding hydrogens is 545 g/mol. The molecule has 0 aliphatic carbocycles. The number of alkyl halides is 15. The second-order valence-electron chi connectivity index (χ2n) is 7.87. The third kappa shape index (κ3) is 4.90. The summed E-state index contributed by atoms with van der Waals surface area (Å²) in [4.78, 5) is 0. The van der Waals surface area contributed by atoms with Crippen molar-refractivity contribution in [2.75, 3.05) is 6.61 Å². The van der Waals surface area contributed by atoms with Crippen molar-refractivity contribution in [1.29, 1.82) is 0 Å². The molecule has 2 nitrogen and oxygen atoms in total. The van der Waals surface area contributed by atoms with E-state index in [1.165, 1.54) is 6.07 Å². The van der Waals surface area contributed by atoms with E-state index in [0.29, 0.717) is 6.92 Å². The first-order chi connectivity index (χ1) is 15.8. The van der Waals surface area contributed by atoms with Crippen LogP contribution in [0, 0.1) is 0 Å². The van der Waals surface area contributed by atoms with Gasteiger partial charge in [0.05, 0.1) is 18.6 Å². The number of hydrogen-bond donors (Lipinski definition) is 1. The molecule has 0 spiro atoms. The summed E-state index contributed by atoms with van der Waals surface area (Å²) >= 11 is 0. The normalized spacial score (nSPS) is 16.6. The van der Waals surface area contributed by atoms with Crippen LogP contribution in [0.2, 0.25) is 0 Å². The highest BCUT2D eigenvalue weighted by atomic mass is 19.4. The van der Waals surface area contributed by atoms with E-state index in [-0.39, 0.29) is 13.0 Å². The molecule has 1 aromatic rings. The van der Waals surface area contributed by atoms with Gasteiger partial charge in [-0.15, -0.1) is 0 Å². The Morgan fingerprint density at radius 2 is 1.08 bits per heavy atom. The molecule has 0 fully saturated rings. The van der Waals surface area contributed by atoms with Crippen molar-refractivity contribution in [3.05, 3.63) is 29.8 Å². The Morgan fingerprint density at radius 3 is 1.53 bits per heavy atom. The molecule has 0 saturated carbocycles. The highest BCUT2D eigenvalue weighted by Gasteiger charge is 2.93. The predicted molar refractivity (Wildman–Crippen MR) is 92.2 cm³/mol. The van der Waals surface area contributed by atoms with Crippen LogP contribution in [0.1, 0.15) is 32.3 Å². The maximum Gasteiger partial charge on any atom is 0.460 e. The lowest BCUT2D eigenvalue weighted by molar-refractivity contribution is -0.453. The first-order valence-electron chi connectivity index (χ1n) is 9.54. The Hall–Kier alpha value is -2.07. The van der Waals surface area contributed by atoms with Gasteiger partial charge in [-0.3, -0.25) is 0 Å². The summed E-state index contributed by atoms with van der Waals surface area (Å²) in [5.41, 5.74) is -4.11. The summed E-state index contributed by atoms with van der Waals surface area (Å²) < 4.78 is 205. The molecular formula is C19H17F15O2. The molecule has 0 radical (unpaired) electrons. The van der Waals surface area contributed by atoms with Gasteiger partial charge in [-0.25, -0.2) is 0 Å². The fraction of sp³-hybridized carbons (Fsp3) is 0.684. The molecule has 1 rings (SSSR count). The molecule has 1 aromatic carbocycles. The molecule has 36 heavy (non-hydrogen) atoms. The number of ether oxygens (including phenoxy) is 1. The summed E-state index contributed by atoms with van der Waals surface area (Å²) in [7, 11) is 0. The van der Waals surface area contributed by atoms with Crippen LogP contribution in [0.4, 0.5) is 65.9 Å². The third-order valence-corrected chi connectivity index (χ3v) is 4.89. The lowest BCUT2D eigenvalue weighted by atomic mass is 9.83. The Morgan fingerprint density at radius 1 is 0.667 bits per heavy atom. The van der Waals surface area contributed by atoms with Crippen LogP contribution in [-0.4, -0.2) is 53.4 Å². The summed E-state index contributed by atoms with van der Waals surface area (Å²) in [5.74, 6) is -47.7. The molecule has 1 N–H and O–H groups in total. The van der Waals surface area contributed by atoms with Crippen molar-refractivity contribution < 1.29 is 75.7 Å². The summed E-state index contributed by atoms with van der Waals surface area (Å²) in [6.45, 7) is 1.70. The first-order valence-corrected chi connectivity index (χ1v) is 9.54. The van der Waals surface area contributed by atoms with Gasteiger partial charge in [-0.2, -0.15) is 65.9 Å². The van der Waals surface area contributed by atoms with Gasteiger partial charge in [-0.05, 0) is 19.4 Å². The summed E-state index contributed by atoms with van der Waals surface area (Å²) in [6, 6.07) is 3.97. The Kier molecular flexibility index (Phi) is 8.30. The fourth-order valence-electron chi connectivity index (χ4n) is 2.89. The van der Waals surface area contributed by atoms with Gasteiger partial charge in [0.2, 0.25) is 0 Å². The second-order valence-corrected chi connectivity index (χ2v) is 7.87. The smallest absolute Gasteiger partial charge is 0.460 e. The number of halogens is 15. The Labute approximate surface area is 193 Å². The van der Waals surface area contributed by atoms with E-state index in [0.717, 1.165) is 18.2 Å². The van der Waals surface area contributed by atoms with Gasteiger partial charge in [0, 0.05) is 5.56 Å². The van der Waals surface area contributed by atoms with Crippen molar-refractivity contribution >= 4 is 0 Å². The molecule has 0 heterocycles. The van der Waals surface area contributed by atoms with Crippen LogP contribution in [0.5, 0.6) is 5.75 Å². The number of hydrogen-bond acceptors (Lipinski definition) is 2. The van der Waals surface area contributed by atoms with Crippen LogP contribution < -0.4 is 4.74 Å². The largest absolute Gasteiger partial charge is 0.493 e. The van der Waals surface area contributed by atoms with E-state index >= 15 is 0 Å². The van der Waals surface area contributed by atoms with Crippen molar-refractivity contribution in [3.63, 3.8) is 0 Å². The molecule has 1 unspecified atom stereocenters. The van der Waals surface area contributed by atoms with Gasteiger partial charge in [0.25, 0.3) is 0 Å². The standard InChI is InChI=1S/C19H17F15O2/c1-3-8-36-11-7-5-4-6-10(11)12(2,35)9-13(20,21)14(22,23)15(24,25)16(26,27)17(28,29)18(30,31)19(32,33)34/h4-7,35H,3,8-9H2,1-2H3. The molecule has 0 bridgehead atoms. The third-order valence-electron chi connectivity index (χ3n) is 4.89. The monoisotopic (exact) mass is 562 g/mol. The van der Waals surface area contributed by atoms with Crippen LogP contribution in [-0.2, 0) is 5.60 Å². The maximum atomic E-state index is 14.3. The van der Waals surface area contributed by atoms with E-state index in [2.05, 4.69) is 0 Å². The maximum absolute atomic E-state index is 14.3. The molecule has 0 aliphatic rings. The van der Waals surface area contributed by atoms with Crippen LogP contribution >= 0.6 is 0 Å². The van der Waals surface area contributed by atoms with E-state index in [4.69, 9.17) is 4.74 Å². The molecule has 210 valence electrons. The minimum Gasteiger partial charge on any atom is -0.493 e. The van der Waals surface area contributed by atoms with E-state index in [1.54, 1.807) is 6.92 Å². The minimum absolute atomic E-state index is 0.146. The zero-order valence-corrected chi connectivity index (χ0v) is 18.0. The molecule has 0 aliphatic heterocycles. The minimum atomic E-state index is -8.38. The van der Waals surface area contributed by atoms with Crippen LogP contribution in [0.3, 0.4) is 0 Å². The number of aliphatic hydroxyl groups is 1. The second kappa shape index (κ2) is 9.35. The van der Waals surface area contributed by atoms with Gasteiger partial charge < -0.3 is 9.84 Å². The number of rotatable bonds is 11. The van der Waals surface area contributed by atoms with Gasteiger partial charge in [0.1, 0.15) is 5.75 Å². The Bertz CT molecular complexity index is 906. The van der Waals surface area contributed by atoms with Crippen molar-refractivity contribution in [1.82, 2.24) is 0 Å². The molecule has 17 heteroatoms. The van der Waals surface area contributed by atoms with Gasteiger partial charge in [-0.1, -0.05) is 25.1 Å². The molecule has 1 atom stereocenters. The summed E-state index contributed by atoms with van der Waals surface area (Å²) in [5, 5.41) is 10.3. The average molecular weight is 562 g/mol. The molecule has 0 amide bonds.